The van der Waals surface area contributed by atoms with Crippen LogP contribution in [0.25, 0.3) is 0 Å². The average Bonchev–Trinajstić information content (AvgIpc) is 2.23. The summed E-state index contributed by atoms with van der Waals surface area (Å²) in [5.41, 5.74) is 1.33. The van der Waals surface area contributed by atoms with Crippen molar-refractivity contribution in [3.63, 3.8) is 0 Å². The number of aliphatic hydroxyl groups is 1. The van der Waals surface area contributed by atoms with Crippen molar-refractivity contribution < 1.29 is 5.11 Å². The van der Waals surface area contributed by atoms with Crippen molar-refractivity contribution in [2.24, 2.45) is 0 Å². The Labute approximate surface area is 109 Å². The van der Waals surface area contributed by atoms with Crippen LogP contribution in [0.2, 0.25) is 0 Å². The van der Waals surface area contributed by atoms with E-state index in [1.54, 1.807) is 11.8 Å². The van der Waals surface area contributed by atoms with E-state index in [0.717, 1.165) is 5.75 Å². The lowest BCUT2D eigenvalue weighted by atomic mass is 10.1. The third-order valence-electron chi connectivity index (χ3n) is 2.30. The van der Waals surface area contributed by atoms with Crippen molar-refractivity contribution in [1.82, 2.24) is 5.32 Å². The maximum atomic E-state index is 9.86. The number of rotatable bonds is 5. The van der Waals surface area contributed by atoms with Gasteiger partial charge < -0.3 is 10.4 Å². The molecule has 1 aromatic rings. The minimum absolute atomic E-state index is 0.0645. The van der Waals surface area contributed by atoms with Crippen molar-refractivity contribution in [3.8, 4) is 0 Å². The zero-order valence-corrected chi connectivity index (χ0v) is 12.0. The fourth-order valence-corrected chi connectivity index (χ4v) is 2.33. The lowest BCUT2D eigenvalue weighted by Gasteiger charge is -2.22. The van der Waals surface area contributed by atoms with E-state index in [1.165, 1.54) is 10.5 Å². The van der Waals surface area contributed by atoms with Gasteiger partial charge in [0.1, 0.15) is 0 Å². The number of hydrogen-bond acceptors (Lipinski definition) is 3. The van der Waals surface area contributed by atoms with E-state index in [-0.39, 0.29) is 11.6 Å². The van der Waals surface area contributed by atoms with Crippen LogP contribution in [-0.2, 0) is 0 Å². The maximum Gasteiger partial charge on any atom is 0.0758 e. The number of thioether (sulfide) groups is 1. The van der Waals surface area contributed by atoms with Crippen LogP contribution in [0.5, 0.6) is 0 Å². The van der Waals surface area contributed by atoms with Crippen LogP contribution in [0, 0.1) is 6.92 Å². The molecule has 0 heterocycles. The number of aryl methyl sites for hydroxylation is 1. The van der Waals surface area contributed by atoms with Crippen molar-refractivity contribution >= 4 is 11.8 Å². The zero-order chi connectivity index (χ0) is 12.9. The summed E-state index contributed by atoms with van der Waals surface area (Å²) >= 11 is 1.70. The highest BCUT2D eigenvalue weighted by Gasteiger charge is 2.12. The molecule has 17 heavy (non-hydrogen) atoms. The highest BCUT2D eigenvalue weighted by molar-refractivity contribution is 7.99. The van der Waals surface area contributed by atoms with Gasteiger partial charge in [0.15, 0.2) is 0 Å². The van der Waals surface area contributed by atoms with Crippen molar-refractivity contribution in [3.05, 3.63) is 29.8 Å². The lowest BCUT2D eigenvalue weighted by molar-refractivity contribution is 0.183. The molecule has 1 atom stereocenters. The molecule has 2 nitrogen and oxygen atoms in total. The molecule has 1 unspecified atom stereocenters. The van der Waals surface area contributed by atoms with E-state index >= 15 is 0 Å². The van der Waals surface area contributed by atoms with Crippen molar-refractivity contribution in [2.45, 2.75) is 44.2 Å². The van der Waals surface area contributed by atoms with Gasteiger partial charge in [0.2, 0.25) is 0 Å². The van der Waals surface area contributed by atoms with Crippen LogP contribution >= 0.6 is 11.8 Å². The molecular formula is C14H23NOS. The third kappa shape index (κ3) is 6.71. The standard InChI is InChI=1S/C14H23NOS/c1-11-6-5-7-13(8-11)17-10-12(16)9-15-14(2,3)4/h5-8,12,15-16H,9-10H2,1-4H3. The van der Waals surface area contributed by atoms with E-state index in [2.05, 4.69) is 57.3 Å². The maximum absolute atomic E-state index is 9.86. The first kappa shape index (κ1) is 14.6. The second kappa shape index (κ2) is 6.43. The molecule has 1 rings (SSSR count). The molecule has 0 fully saturated rings. The molecule has 0 aromatic heterocycles. The zero-order valence-electron chi connectivity index (χ0n) is 11.2. The molecule has 0 bridgehead atoms. The van der Waals surface area contributed by atoms with Gasteiger partial charge in [0.05, 0.1) is 6.10 Å². The summed E-state index contributed by atoms with van der Waals surface area (Å²) in [5.74, 6) is 0.729. The van der Waals surface area contributed by atoms with Crippen LogP contribution in [0.1, 0.15) is 26.3 Å². The van der Waals surface area contributed by atoms with E-state index in [0.29, 0.717) is 6.54 Å². The largest absolute Gasteiger partial charge is 0.391 e. The second-order valence-electron chi connectivity index (χ2n) is 5.41. The Hall–Kier alpha value is -0.510. The fraction of sp³-hybridized carbons (Fsp3) is 0.571. The van der Waals surface area contributed by atoms with Gasteiger partial charge in [-0.05, 0) is 39.8 Å². The molecule has 0 aliphatic rings. The smallest absolute Gasteiger partial charge is 0.0758 e. The predicted molar refractivity (Wildman–Crippen MR) is 75.7 cm³/mol. The van der Waals surface area contributed by atoms with E-state index in [9.17, 15) is 5.11 Å². The highest BCUT2D eigenvalue weighted by atomic mass is 32.2. The van der Waals surface area contributed by atoms with Crippen LogP contribution in [0.15, 0.2) is 29.2 Å². The summed E-state index contributed by atoms with van der Waals surface area (Å²) in [4.78, 5) is 1.22. The molecule has 1 aromatic carbocycles. The Bertz CT molecular complexity index is 346. The molecule has 0 amide bonds. The number of β-amino-alcohol motifs (C(OH)–C–C–N with tert-alkyl or cyclic N) is 1. The molecule has 0 spiro atoms. The number of nitrogens with one attached hydrogen (secondary N) is 1. The molecule has 0 saturated heterocycles. The normalized spacial score (nSPS) is 13.7. The van der Waals surface area contributed by atoms with Crippen molar-refractivity contribution in [2.75, 3.05) is 12.3 Å². The Morgan fingerprint density at radius 3 is 2.65 bits per heavy atom. The monoisotopic (exact) mass is 253 g/mol. The molecule has 0 saturated carbocycles. The Kier molecular flexibility index (Phi) is 5.50. The quantitative estimate of drug-likeness (QED) is 0.792. The molecule has 0 aliphatic heterocycles. The van der Waals surface area contributed by atoms with E-state index < -0.39 is 0 Å². The van der Waals surface area contributed by atoms with Crippen LogP contribution in [0.4, 0.5) is 0 Å². The van der Waals surface area contributed by atoms with Gasteiger partial charge in [-0.3, -0.25) is 0 Å². The predicted octanol–water partition coefficient (Wildman–Crippen LogP) is 2.84. The van der Waals surface area contributed by atoms with E-state index in [1.807, 2.05) is 0 Å². The first-order chi connectivity index (χ1) is 7.87. The topological polar surface area (TPSA) is 32.3 Å². The van der Waals surface area contributed by atoms with E-state index in [4.69, 9.17) is 0 Å². The van der Waals surface area contributed by atoms with Gasteiger partial charge in [0, 0.05) is 22.7 Å². The summed E-state index contributed by atoms with van der Waals surface area (Å²) in [6.07, 6.45) is -0.306. The Morgan fingerprint density at radius 1 is 1.35 bits per heavy atom. The highest BCUT2D eigenvalue weighted by Crippen LogP contribution is 2.19. The van der Waals surface area contributed by atoms with Gasteiger partial charge in [0.25, 0.3) is 0 Å². The number of aliphatic hydroxyl groups excluding tert-OH is 1. The van der Waals surface area contributed by atoms with Gasteiger partial charge in [-0.1, -0.05) is 17.7 Å². The van der Waals surface area contributed by atoms with Crippen LogP contribution < -0.4 is 5.32 Å². The third-order valence-corrected chi connectivity index (χ3v) is 3.44. The average molecular weight is 253 g/mol. The first-order valence-corrected chi connectivity index (χ1v) is 6.98. The second-order valence-corrected chi connectivity index (χ2v) is 6.51. The van der Waals surface area contributed by atoms with Gasteiger partial charge in [-0.15, -0.1) is 11.8 Å². The molecule has 0 radical (unpaired) electrons. The minimum Gasteiger partial charge on any atom is -0.391 e. The molecule has 0 aliphatic carbocycles. The lowest BCUT2D eigenvalue weighted by Crippen LogP contribution is -2.41. The van der Waals surface area contributed by atoms with Gasteiger partial charge >= 0.3 is 0 Å². The summed E-state index contributed by atoms with van der Waals surface area (Å²) in [5, 5.41) is 13.2. The molecule has 3 heteroatoms. The molecule has 96 valence electrons. The van der Waals surface area contributed by atoms with Crippen LogP contribution in [-0.4, -0.2) is 29.0 Å². The number of hydrogen-bond donors (Lipinski definition) is 2. The van der Waals surface area contributed by atoms with Gasteiger partial charge in [-0.25, -0.2) is 0 Å². The Morgan fingerprint density at radius 2 is 2.06 bits per heavy atom. The summed E-state index contributed by atoms with van der Waals surface area (Å²) in [6, 6.07) is 8.37. The van der Waals surface area contributed by atoms with Gasteiger partial charge in [-0.2, -0.15) is 0 Å². The van der Waals surface area contributed by atoms with Crippen molar-refractivity contribution in [1.29, 1.82) is 0 Å². The Balaban J connectivity index is 2.31. The minimum atomic E-state index is -0.306. The molecule has 2 N–H and O–H groups in total. The summed E-state index contributed by atoms with van der Waals surface area (Å²) in [7, 11) is 0. The fourth-order valence-electron chi connectivity index (χ4n) is 1.38. The summed E-state index contributed by atoms with van der Waals surface area (Å²) < 4.78 is 0. The SMILES string of the molecule is Cc1cccc(SCC(O)CNC(C)(C)C)c1. The first-order valence-electron chi connectivity index (χ1n) is 5.99. The molecular weight excluding hydrogens is 230 g/mol. The number of benzene rings is 1. The van der Waals surface area contributed by atoms with Crippen LogP contribution in [0.3, 0.4) is 0 Å². The summed E-state index contributed by atoms with van der Waals surface area (Å²) in [6.45, 7) is 9.04.